The van der Waals surface area contributed by atoms with Crippen LogP contribution in [0.15, 0.2) is 79.0 Å². The summed E-state index contributed by atoms with van der Waals surface area (Å²) in [5.41, 5.74) is 1.55. The average molecular weight is 324 g/mol. The van der Waals surface area contributed by atoms with Crippen molar-refractivity contribution in [2.75, 3.05) is 0 Å². The Kier molecular flexibility index (Phi) is 4.46. The topological polar surface area (TPSA) is 33.1 Å². The molecule has 0 spiro atoms. The molecule has 1 aromatic heterocycles. The van der Waals surface area contributed by atoms with Crippen LogP contribution in [0.1, 0.15) is 29.7 Å². The van der Waals surface area contributed by atoms with E-state index in [2.05, 4.69) is 4.98 Å². The first kappa shape index (κ1) is 15.7. The van der Waals surface area contributed by atoms with Gasteiger partial charge in [-0.05, 0) is 42.3 Å². The largest absolute Gasteiger partial charge is 0.384 e. The summed E-state index contributed by atoms with van der Waals surface area (Å²) >= 11 is 5.98. The normalized spacial score (nSPS) is 14.9. The molecule has 0 aliphatic carbocycles. The zero-order chi connectivity index (χ0) is 16.3. The van der Waals surface area contributed by atoms with Gasteiger partial charge < -0.3 is 5.11 Å². The quantitative estimate of drug-likeness (QED) is 0.750. The molecule has 0 aliphatic heterocycles. The summed E-state index contributed by atoms with van der Waals surface area (Å²) in [7, 11) is 0. The molecule has 0 amide bonds. The zero-order valence-corrected chi connectivity index (χ0v) is 13.6. The summed E-state index contributed by atoms with van der Waals surface area (Å²) in [6.07, 6.45) is 1.75. The van der Waals surface area contributed by atoms with Gasteiger partial charge in [0.25, 0.3) is 0 Å². The smallest absolute Gasteiger partial charge is 0.0992 e. The van der Waals surface area contributed by atoms with Gasteiger partial charge in [-0.1, -0.05) is 60.1 Å². The van der Waals surface area contributed by atoms with Gasteiger partial charge in [-0.2, -0.15) is 0 Å². The monoisotopic (exact) mass is 323 g/mol. The molecule has 0 fully saturated rings. The van der Waals surface area contributed by atoms with Crippen molar-refractivity contribution in [3.63, 3.8) is 0 Å². The van der Waals surface area contributed by atoms with Crippen LogP contribution in [0.5, 0.6) is 0 Å². The van der Waals surface area contributed by atoms with E-state index in [-0.39, 0.29) is 5.92 Å². The lowest BCUT2D eigenvalue weighted by Gasteiger charge is -2.33. The van der Waals surface area contributed by atoms with Crippen LogP contribution in [0.25, 0.3) is 0 Å². The molecule has 0 saturated heterocycles. The number of nitrogens with zero attached hydrogens (tertiary/aromatic N) is 1. The van der Waals surface area contributed by atoms with Gasteiger partial charge in [0.1, 0.15) is 0 Å². The zero-order valence-electron chi connectivity index (χ0n) is 12.9. The summed E-state index contributed by atoms with van der Waals surface area (Å²) < 4.78 is 0. The van der Waals surface area contributed by atoms with E-state index >= 15 is 0 Å². The molecular weight excluding hydrogens is 306 g/mol. The van der Waals surface area contributed by atoms with Gasteiger partial charge >= 0.3 is 0 Å². The summed E-state index contributed by atoms with van der Waals surface area (Å²) in [4.78, 5) is 4.48. The molecule has 2 atom stereocenters. The predicted molar refractivity (Wildman–Crippen MR) is 93.5 cm³/mol. The van der Waals surface area contributed by atoms with Crippen LogP contribution in [0.3, 0.4) is 0 Å². The highest BCUT2D eigenvalue weighted by atomic mass is 35.5. The fourth-order valence-corrected chi connectivity index (χ4v) is 3.06. The number of hydrogen-bond donors (Lipinski definition) is 1. The molecule has 23 heavy (non-hydrogen) atoms. The van der Waals surface area contributed by atoms with E-state index in [0.717, 1.165) is 16.8 Å². The van der Waals surface area contributed by atoms with Gasteiger partial charge in [-0.3, -0.25) is 4.98 Å². The van der Waals surface area contributed by atoms with Crippen molar-refractivity contribution in [1.29, 1.82) is 0 Å². The van der Waals surface area contributed by atoms with Gasteiger partial charge in [-0.25, -0.2) is 0 Å². The molecule has 3 rings (SSSR count). The minimum atomic E-state index is -1.11. The molecule has 0 unspecified atom stereocenters. The minimum Gasteiger partial charge on any atom is -0.384 e. The van der Waals surface area contributed by atoms with Gasteiger partial charge in [0.15, 0.2) is 0 Å². The first-order valence-electron chi connectivity index (χ1n) is 7.53. The molecule has 3 aromatic rings. The molecule has 0 radical (unpaired) electrons. The van der Waals surface area contributed by atoms with Gasteiger partial charge in [0.2, 0.25) is 0 Å². The highest BCUT2D eigenvalue weighted by molar-refractivity contribution is 6.30. The number of aromatic nitrogens is 1. The first-order chi connectivity index (χ1) is 11.1. The first-order valence-corrected chi connectivity index (χ1v) is 7.91. The fraction of sp³-hybridized carbons (Fsp3) is 0.150. The van der Waals surface area contributed by atoms with Crippen molar-refractivity contribution in [1.82, 2.24) is 4.98 Å². The summed E-state index contributed by atoms with van der Waals surface area (Å²) in [5, 5.41) is 12.0. The Morgan fingerprint density at radius 1 is 0.913 bits per heavy atom. The Morgan fingerprint density at radius 3 is 2.17 bits per heavy atom. The summed E-state index contributed by atoms with van der Waals surface area (Å²) in [6.45, 7) is 1.82. The van der Waals surface area contributed by atoms with E-state index in [1.807, 2.05) is 67.6 Å². The third kappa shape index (κ3) is 3.29. The molecule has 2 nitrogen and oxygen atoms in total. The second-order valence-corrected chi connectivity index (χ2v) is 6.19. The predicted octanol–water partition coefficient (Wildman–Crippen LogP) is 4.77. The average Bonchev–Trinajstić information content (AvgIpc) is 2.57. The second kappa shape index (κ2) is 6.53. The van der Waals surface area contributed by atoms with Gasteiger partial charge in [0.05, 0.1) is 17.2 Å². The van der Waals surface area contributed by atoms with E-state index in [4.69, 9.17) is 11.6 Å². The van der Waals surface area contributed by atoms with Crippen LogP contribution in [-0.2, 0) is 5.60 Å². The molecule has 3 heteroatoms. The van der Waals surface area contributed by atoms with Gasteiger partial charge in [0, 0.05) is 11.2 Å². The highest BCUT2D eigenvalue weighted by Gasteiger charge is 2.36. The minimum absolute atomic E-state index is 0.272. The van der Waals surface area contributed by atoms with Crippen molar-refractivity contribution < 1.29 is 5.11 Å². The molecule has 1 heterocycles. The van der Waals surface area contributed by atoms with E-state index in [1.165, 1.54) is 0 Å². The second-order valence-electron chi connectivity index (χ2n) is 5.75. The lowest BCUT2D eigenvalue weighted by molar-refractivity contribution is 0.0380. The SMILES string of the molecule is C[C@](O)(c1ccc(Cl)cc1)[C@@H](c1ccccc1)c1ccccn1. The van der Waals surface area contributed by atoms with Crippen LogP contribution in [0, 0.1) is 0 Å². The van der Waals surface area contributed by atoms with Crippen molar-refractivity contribution in [3.05, 3.63) is 101 Å². The number of aliphatic hydroxyl groups is 1. The standard InChI is InChI=1S/C20H18ClNO/c1-20(23,16-10-12-17(21)13-11-16)19(15-7-3-2-4-8-15)18-9-5-6-14-22-18/h2-14,19,23H,1H3/t19-,20-/m0/s1. The molecular formula is C20H18ClNO. The van der Waals surface area contributed by atoms with Gasteiger partial charge in [-0.15, -0.1) is 0 Å². The maximum Gasteiger partial charge on any atom is 0.0992 e. The van der Waals surface area contributed by atoms with Crippen molar-refractivity contribution >= 4 is 11.6 Å². The van der Waals surface area contributed by atoms with Crippen molar-refractivity contribution in [2.45, 2.75) is 18.4 Å². The van der Waals surface area contributed by atoms with Crippen molar-refractivity contribution in [3.8, 4) is 0 Å². The Labute approximate surface area is 141 Å². The van der Waals surface area contributed by atoms with Crippen LogP contribution in [0.4, 0.5) is 0 Å². The van der Waals surface area contributed by atoms with Crippen LogP contribution >= 0.6 is 11.6 Å². The molecule has 0 saturated carbocycles. The summed E-state index contributed by atoms with van der Waals surface area (Å²) in [5.74, 6) is -0.272. The van der Waals surface area contributed by atoms with E-state index in [9.17, 15) is 5.11 Å². The van der Waals surface area contributed by atoms with Crippen LogP contribution in [-0.4, -0.2) is 10.1 Å². The Morgan fingerprint density at radius 2 is 1.57 bits per heavy atom. The molecule has 116 valence electrons. The van der Waals surface area contributed by atoms with E-state index < -0.39 is 5.60 Å². The number of rotatable bonds is 4. The maximum atomic E-state index is 11.4. The lowest BCUT2D eigenvalue weighted by Crippen LogP contribution is -2.31. The van der Waals surface area contributed by atoms with Crippen molar-refractivity contribution in [2.24, 2.45) is 0 Å². The van der Waals surface area contributed by atoms with E-state index in [0.29, 0.717) is 5.02 Å². The number of hydrogen-bond acceptors (Lipinski definition) is 2. The molecule has 0 aliphatic rings. The Balaban J connectivity index is 2.13. The molecule has 2 aromatic carbocycles. The lowest BCUT2D eigenvalue weighted by atomic mass is 9.76. The number of halogens is 1. The molecule has 1 N–H and O–H groups in total. The van der Waals surface area contributed by atoms with E-state index in [1.54, 1.807) is 18.3 Å². The maximum absolute atomic E-state index is 11.4. The fourth-order valence-electron chi connectivity index (χ4n) is 2.93. The highest BCUT2D eigenvalue weighted by Crippen LogP contribution is 2.40. The van der Waals surface area contributed by atoms with Crippen LogP contribution in [0.2, 0.25) is 5.02 Å². The Hall–Kier alpha value is -2.16. The van der Waals surface area contributed by atoms with Crippen LogP contribution < -0.4 is 0 Å². The number of benzene rings is 2. The third-order valence-corrected chi connectivity index (χ3v) is 4.36. The molecule has 0 bridgehead atoms. The summed E-state index contributed by atoms with van der Waals surface area (Å²) in [6, 6.07) is 23.0. The number of pyridine rings is 1. The Bertz CT molecular complexity index is 715. The third-order valence-electron chi connectivity index (χ3n) is 4.11.